The average Bonchev–Trinajstić information content (AvgIpc) is 3.27. The molecule has 1 atom stereocenters. The zero-order valence-corrected chi connectivity index (χ0v) is 22.6. The molecule has 2 amide bonds. The molecule has 0 radical (unpaired) electrons. The maximum absolute atomic E-state index is 14.0. The van der Waals surface area contributed by atoms with E-state index in [0.717, 1.165) is 16.6 Å². The van der Waals surface area contributed by atoms with E-state index >= 15 is 0 Å². The van der Waals surface area contributed by atoms with Gasteiger partial charge in [0.25, 0.3) is 0 Å². The fourth-order valence-electron chi connectivity index (χ4n) is 4.29. The van der Waals surface area contributed by atoms with E-state index in [-0.39, 0.29) is 24.9 Å². The average molecular weight is 514 g/mol. The molecule has 1 N–H and O–H groups in total. The van der Waals surface area contributed by atoms with Gasteiger partial charge in [0.2, 0.25) is 11.8 Å². The lowest BCUT2D eigenvalue weighted by atomic mass is 10.0. The number of carbonyl (C=O) groups excluding carboxylic acids is 2. The van der Waals surface area contributed by atoms with Crippen molar-refractivity contribution in [1.29, 1.82) is 0 Å². The summed E-state index contributed by atoms with van der Waals surface area (Å²) < 4.78 is 7.19. The van der Waals surface area contributed by atoms with Crippen molar-refractivity contribution in [2.45, 2.75) is 59.3 Å². The normalized spacial score (nSPS) is 12.2. The van der Waals surface area contributed by atoms with Crippen LogP contribution in [0.15, 0.2) is 72.8 Å². The lowest BCUT2D eigenvalue weighted by Gasteiger charge is -2.34. The van der Waals surface area contributed by atoms with Crippen LogP contribution in [0.5, 0.6) is 5.75 Å². The van der Waals surface area contributed by atoms with Gasteiger partial charge in [-0.25, -0.2) is 4.68 Å². The van der Waals surface area contributed by atoms with Crippen LogP contribution in [0.25, 0.3) is 11.0 Å². The number of hydrogen-bond acceptors (Lipinski definition) is 5. The molecule has 38 heavy (non-hydrogen) atoms. The predicted molar refractivity (Wildman–Crippen MR) is 148 cm³/mol. The van der Waals surface area contributed by atoms with Crippen molar-refractivity contribution >= 4 is 22.8 Å². The molecule has 198 valence electrons. The molecule has 3 aromatic carbocycles. The van der Waals surface area contributed by atoms with Crippen LogP contribution < -0.4 is 10.1 Å². The van der Waals surface area contributed by atoms with E-state index in [4.69, 9.17) is 4.74 Å². The molecule has 0 spiro atoms. The van der Waals surface area contributed by atoms with Crippen LogP contribution in [-0.4, -0.2) is 43.9 Å². The Kier molecular flexibility index (Phi) is 8.10. The van der Waals surface area contributed by atoms with Gasteiger partial charge in [0.1, 0.15) is 23.9 Å². The first kappa shape index (κ1) is 26.9. The number of nitrogens with zero attached hydrogens (tertiary/aromatic N) is 4. The minimum Gasteiger partial charge on any atom is -0.494 e. The molecule has 8 heteroatoms. The summed E-state index contributed by atoms with van der Waals surface area (Å²) in [4.78, 5) is 29.4. The zero-order valence-electron chi connectivity index (χ0n) is 22.6. The Labute approximate surface area is 223 Å². The van der Waals surface area contributed by atoms with Crippen molar-refractivity contribution < 1.29 is 14.3 Å². The summed E-state index contributed by atoms with van der Waals surface area (Å²) in [7, 11) is 0. The van der Waals surface area contributed by atoms with Crippen LogP contribution >= 0.6 is 0 Å². The third kappa shape index (κ3) is 6.56. The number of hydrogen-bond donors (Lipinski definition) is 1. The van der Waals surface area contributed by atoms with Gasteiger partial charge in [-0.05, 0) is 70.0 Å². The second-order valence-corrected chi connectivity index (χ2v) is 10.4. The molecule has 0 bridgehead atoms. The molecule has 0 aliphatic carbocycles. The predicted octanol–water partition coefficient (Wildman–Crippen LogP) is 4.82. The number of para-hydroxylation sites is 1. The highest BCUT2D eigenvalue weighted by molar-refractivity contribution is 5.89. The number of amides is 2. The number of carbonyl (C=O) groups is 2. The molecule has 4 rings (SSSR count). The Morgan fingerprint density at radius 1 is 1.00 bits per heavy atom. The lowest BCUT2D eigenvalue weighted by molar-refractivity contribution is -0.142. The standard InChI is InChI=1S/C30H35N5O3/c1-6-38-24-17-15-23(16-18-24)28(29(37)31-30(3,4)5)34(19-22-13-11-21(2)12-14-22)27(36)20-35-26-10-8-7-9-25(26)32-33-35/h7-18,28H,6,19-20H2,1-5H3,(H,31,37)/t28-/m0/s1. The Bertz CT molecular complexity index is 1390. The fourth-order valence-corrected chi connectivity index (χ4v) is 4.29. The number of rotatable bonds is 9. The van der Waals surface area contributed by atoms with E-state index in [9.17, 15) is 9.59 Å². The fraction of sp³-hybridized carbons (Fsp3) is 0.333. The highest BCUT2D eigenvalue weighted by Gasteiger charge is 2.34. The number of ether oxygens (including phenoxy) is 1. The van der Waals surface area contributed by atoms with Crippen LogP contribution in [0.2, 0.25) is 0 Å². The van der Waals surface area contributed by atoms with Crippen LogP contribution in [0.3, 0.4) is 0 Å². The van der Waals surface area contributed by atoms with E-state index in [1.807, 2.05) is 107 Å². The number of nitrogens with one attached hydrogen (secondary N) is 1. The number of fused-ring (bicyclic) bond motifs is 1. The van der Waals surface area contributed by atoms with Crippen molar-refractivity contribution in [2.75, 3.05) is 6.61 Å². The summed E-state index contributed by atoms with van der Waals surface area (Å²) in [5.74, 6) is 0.200. The van der Waals surface area contributed by atoms with Gasteiger partial charge < -0.3 is 15.0 Å². The van der Waals surface area contributed by atoms with Gasteiger partial charge in [0.15, 0.2) is 0 Å². The molecular weight excluding hydrogens is 478 g/mol. The summed E-state index contributed by atoms with van der Waals surface area (Å²) in [6, 6.07) is 22.0. The van der Waals surface area contributed by atoms with Crippen LogP contribution in [0, 0.1) is 6.92 Å². The topological polar surface area (TPSA) is 89.4 Å². The minimum absolute atomic E-state index is 0.0529. The molecule has 1 heterocycles. The molecule has 4 aromatic rings. The molecule has 0 unspecified atom stereocenters. The Balaban J connectivity index is 1.76. The summed E-state index contributed by atoms with van der Waals surface area (Å²) in [6.07, 6.45) is 0. The van der Waals surface area contributed by atoms with Crippen molar-refractivity contribution in [3.8, 4) is 5.75 Å². The van der Waals surface area contributed by atoms with Gasteiger partial charge in [-0.2, -0.15) is 0 Å². The zero-order chi connectivity index (χ0) is 27.3. The Morgan fingerprint density at radius 2 is 1.68 bits per heavy atom. The van der Waals surface area contributed by atoms with Crippen LogP contribution in [0.4, 0.5) is 0 Å². The number of aryl methyl sites for hydroxylation is 1. The molecular formula is C30H35N5O3. The first-order chi connectivity index (χ1) is 18.1. The Hall–Kier alpha value is -4.20. The van der Waals surface area contributed by atoms with E-state index in [1.54, 1.807) is 9.58 Å². The first-order valence-electron chi connectivity index (χ1n) is 12.8. The van der Waals surface area contributed by atoms with Crippen LogP contribution in [-0.2, 0) is 22.7 Å². The maximum Gasteiger partial charge on any atom is 0.247 e. The molecule has 0 saturated carbocycles. The van der Waals surface area contributed by atoms with Gasteiger partial charge >= 0.3 is 0 Å². The smallest absolute Gasteiger partial charge is 0.247 e. The summed E-state index contributed by atoms with van der Waals surface area (Å²) in [5.41, 5.74) is 3.72. The van der Waals surface area contributed by atoms with Gasteiger partial charge in [0.05, 0.1) is 12.1 Å². The van der Waals surface area contributed by atoms with Gasteiger partial charge in [-0.15, -0.1) is 5.10 Å². The SMILES string of the molecule is CCOc1ccc([C@@H](C(=O)NC(C)(C)C)N(Cc2ccc(C)cc2)C(=O)Cn2nnc3ccccc32)cc1. The van der Waals surface area contributed by atoms with E-state index in [1.165, 1.54) is 0 Å². The largest absolute Gasteiger partial charge is 0.494 e. The molecule has 0 aliphatic rings. The molecule has 8 nitrogen and oxygen atoms in total. The number of benzene rings is 3. The van der Waals surface area contributed by atoms with Gasteiger partial charge in [-0.1, -0.05) is 59.3 Å². The van der Waals surface area contributed by atoms with E-state index in [0.29, 0.717) is 23.4 Å². The van der Waals surface area contributed by atoms with Crippen LogP contribution in [0.1, 0.15) is 50.4 Å². The minimum atomic E-state index is -0.867. The Morgan fingerprint density at radius 3 is 2.34 bits per heavy atom. The quantitative estimate of drug-likeness (QED) is 0.347. The summed E-state index contributed by atoms with van der Waals surface area (Å²) in [6.45, 7) is 10.4. The van der Waals surface area contributed by atoms with Gasteiger partial charge in [-0.3, -0.25) is 9.59 Å². The van der Waals surface area contributed by atoms with Gasteiger partial charge in [0, 0.05) is 12.1 Å². The maximum atomic E-state index is 14.0. The molecule has 0 aliphatic heterocycles. The monoisotopic (exact) mass is 513 g/mol. The summed E-state index contributed by atoms with van der Waals surface area (Å²) in [5, 5.41) is 11.5. The molecule has 1 aromatic heterocycles. The highest BCUT2D eigenvalue weighted by Crippen LogP contribution is 2.27. The first-order valence-corrected chi connectivity index (χ1v) is 12.8. The van der Waals surface area contributed by atoms with Crippen molar-refractivity contribution in [3.05, 3.63) is 89.5 Å². The van der Waals surface area contributed by atoms with Crippen molar-refractivity contribution in [1.82, 2.24) is 25.2 Å². The second-order valence-electron chi connectivity index (χ2n) is 10.4. The second kappa shape index (κ2) is 11.5. The number of aromatic nitrogens is 3. The van der Waals surface area contributed by atoms with Crippen molar-refractivity contribution in [3.63, 3.8) is 0 Å². The molecule has 0 fully saturated rings. The molecule has 0 saturated heterocycles. The third-order valence-corrected chi connectivity index (χ3v) is 6.06. The third-order valence-electron chi connectivity index (χ3n) is 6.06. The highest BCUT2D eigenvalue weighted by atomic mass is 16.5. The van der Waals surface area contributed by atoms with E-state index in [2.05, 4.69) is 15.6 Å². The summed E-state index contributed by atoms with van der Waals surface area (Å²) >= 11 is 0. The lowest BCUT2D eigenvalue weighted by Crippen LogP contribution is -2.49. The van der Waals surface area contributed by atoms with Crippen molar-refractivity contribution in [2.24, 2.45) is 0 Å². The van der Waals surface area contributed by atoms with E-state index < -0.39 is 11.6 Å².